The number of sulfonamides is 1. The molecular weight excluding hydrogens is 416 g/mol. The molecule has 0 unspecified atom stereocenters. The number of hydrogen-bond acceptors (Lipinski definition) is 4. The van der Waals surface area contributed by atoms with Crippen molar-refractivity contribution in [3.05, 3.63) is 58.0 Å². The summed E-state index contributed by atoms with van der Waals surface area (Å²) in [5.74, 6) is -0.390. The van der Waals surface area contributed by atoms with Gasteiger partial charge in [-0.1, -0.05) is 6.07 Å². The van der Waals surface area contributed by atoms with Gasteiger partial charge in [-0.25, -0.2) is 13.2 Å². The molecule has 0 radical (unpaired) electrons. The van der Waals surface area contributed by atoms with Crippen LogP contribution in [0.15, 0.2) is 46.1 Å². The number of fused-ring (bicyclic) bond motifs is 2. The van der Waals surface area contributed by atoms with Crippen LogP contribution in [-0.4, -0.2) is 41.7 Å². The van der Waals surface area contributed by atoms with Gasteiger partial charge in [0.05, 0.1) is 15.9 Å². The highest BCUT2D eigenvalue weighted by molar-refractivity contribution is 7.89. The highest BCUT2D eigenvalue weighted by Crippen LogP contribution is 2.29. The summed E-state index contributed by atoms with van der Waals surface area (Å²) in [4.78, 5) is 29.8. The number of carbonyl (C=O) groups excluding carboxylic acids is 1. The van der Waals surface area contributed by atoms with E-state index in [2.05, 4.69) is 15.3 Å². The van der Waals surface area contributed by atoms with Crippen LogP contribution in [-0.2, 0) is 27.7 Å². The van der Waals surface area contributed by atoms with Crippen LogP contribution in [0.1, 0.15) is 30.4 Å². The number of H-pyrrole nitrogens is 2. The molecule has 2 aromatic carbocycles. The first-order valence-corrected chi connectivity index (χ1v) is 12.0. The smallest absolute Gasteiger partial charge is 0.323 e. The number of nitrogens with zero attached hydrogens (tertiary/aromatic N) is 1. The molecule has 0 bridgehead atoms. The molecule has 1 fully saturated rings. The molecule has 1 aromatic heterocycles. The Morgan fingerprint density at radius 1 is 0.968 bits per heavy atom. The van der Waals surface area contributed by atoms with Gasteiger partial charge in [-0.3, -0.25) is 4.79 Å². The maximum Gasteiger partial charge on any atom is 0.323 e. The molecule has 2 aliphatic rings. The first-order valence-electron chi connectivity index (χ1n) is 10.5. The van der Waals surface area contributed by atoms with Crippen molar-refractivity contribution >= 4 is 32.7 Å². The highest BCUT2D eigenvalue weighted by atomic mass is 32.2. The number of aromatic nitrogens is 2. The van der Waals surface area contributed by atoms with Crippen molar-refractivity contribution in [3.8, 4) is 0 Å². The fraction of sp³-hybridized carbons (Fsp3) is 0.364. The van der Waals surface area contributed by atoms with Gasteiger partial charge in [0, 0.05) is 24.7 Å². The van der Waals surface area contributed by atoms with Gasteiger partial charge in [-0.2, -0.15) is 4.31 Å². The van der Waals surface area contributed by atoms with Gasteiger partial charge in [-0.05, 0) is 73.6 Å². The summed E-state index contributed by atoms with van der Waals surface area (Å²) in [6.45, 7) is 0.642. The van der Waals surface area contributed by atoms with Crippen LogP contribution >= 0.6 is 0 Å². The lowest BCUT2D eigenvalue weighted by atomic mass is 9.97. The van der Waals surface area contributed by atoms with E-state index in [1.54, 1.807) is 24.3 Å². The molecule has 3 N–H and O–H groups in total. The first-order chi connectivity index (χ1) is 14.9. The molecule has 9 heteroatoms. The van der Waals surface area contributed by atoms with Gasteiger partial charge in [0.1, 0.15) is 0 Å². The summed E-state index contributed by atoms with van der Waals surface area (Å²) >= 11 is 0. The van der Waals surface area contributed by atoms with Crippen molar-refractivity contribution in [2.45, 2.75) is 37.0 Å². The molecule has 1 aliphatic carbocycles. The number of aryl methyl sites for hydroxylation is 2. The third-order valence-corrected chi connectivity index (χ3v) is 8.21. The second kappa shape index (κ2) is 7.65. The Bertz CT molecular complexity index is 1320. The Hall–Kier alpha value is -2.91. The number of aromatic amines is 2. The van der Waals surface area contributed by atoms with E-state index < -0.39 is 10.0 Å². The van der Waals surface area contributed by atoms with Gasteiger partial charge in [0.25, 0.3) is 0 Å². The topological polar surface area (TPSA) is 115 Å². The lowest BCUT2D eigenvalue weighted by molar-refractivity contribution is -0.120. The van der Waals surface area contributed by atoms with E-state index in [0.29, 0.717) is 47.5 Å². The number of anilines is 1. The minimum atomic E-state index is -3.55. The Kier molecular flexibility index (Phi) is 4.94. The van der Waals surface area contributed by atoms with Crippen LogP contribution in [0, 0.1) is 5.92 Å². The van der Waals surface area contributed by atoms with E-state index in [1.165, 1.54) is 9.87 Å². The minimum Gasteiger partial charge on any atom is -0.326 e. The predicted molar refractivity (Wildman–Crippen MR) is 117 cm³/mol. The fourth-order valence-electron chi connectivity index (χ4n) is 4.57. The van der Waals surface area contributed by atoms with E-state index in [4.69, 9.17) is 0 Å². The molecule has 162 valence electrons. The van der Waals surface area contributed by atoms with Crippen molar-refractivity contribution in [1.82, 2.24) is 14.3 Å². The summed E-state index contributed by atoms with van der Waals surface area (Å²) in [5.41, 5.74) is 3.98. The molecule has 1 aliphatic heterocycles. The van der Waals surface area contributed by atoms with Crippen LogP contribution in [0.2, 0.25) is 0 Å². The van der Waals surface area contributed by atoms with Gasteiger partial charge < -0.3 is 15.3 Å². The Balaban J connectivity index is 1.24. The lowest BCUT2D eigenvalue weighted by Crippen LogP contribution is -2.41. The molecule has 2 heterocycles. The van der Waals surface area contributed by atoms with E-state index in [9.17, 15) is 18.0 Å². The number of carbonyl (C=O) groups is 1. The maximum atomic E-state index is 13.1. The van der Waals surface area contributed by atoms with Crippen molar-refractivity contribution in [2.75, 3.05) is 18.4 Å². The molecule has 0 atom stereocenters. The normalized spacial score (nSPS) is 17.7. The van der Waals surface area contributed by atoms with Gasteiger partial charge in [0.15, 0.2) is 0 Å². The molecule has 3 aromatic rings. The zero-order chi connectivity index (χ0) is 21.6. The number of hydrogen-bond donors (Lipinski definition) is 3. The molecule has 0 spiro atoms. The number of amides is 1. The average molecular weight is 441 g/mol. The summed E-state index contributed by atoms with van der Waals surface area (Å²) in [5, 5.41) is 2.88. The number of piperidine rings is 1. The number of nitrogens with one attached hydrogen (secondary N) is 3. The summed E-state index contributed by atoms with van der Waals surface area (Å²) in [7, 11) is -3.55. The maximum absolute atomic E-state index is 13.1. The van der Waals surface area contributed by atoms with Crippen molar-refractivity contribution in [3.63, 3.8) is 0 Å². The quantitative estimate of drug-likeness (QED) is 0.578. The van der Waals surface area contributed by atoms with Crippen molar-refractivity contribution in [1.29, 1.82) is 0 Å². The standard InChI is InChI=1S/C22H24N4O4S/c27-21(23-17-5-7-19-20(13-17)25-22(28)24-19)15-8-10-26(11-9-15)31(29,30)18-6-4-14-2-1-3-16(14)12-18/h4-7,12-13,15H,1-3,8-11H2,(H,23,27)(H2,24,25,28). The molecule has 0 saturated carbocycles. The van der Waals surface area contributed by atoms with Crippen LogP contribution in [0.4, 0.5) is 5.69 Å². The number of rotatable bonds is 4. The largest absolute Gasteiger partial charge is 0.326 e. The molecule has 8 nitrogen and oxygen atoms in total. The third kappa shape index (κ3) is 3.79. The van der Waals surface area contributed by atoms with Crippen molar-refractivity contribution < 1.29 is 13.2 Å². The minimum absolute atomic E-state index is 0.133. The van der Waals surface area contributed by atoms with Crippen molar-refractivity contribution in [2.24, 2.45) is 5.92 Å². The Morgan fingerprint density at radius 2 is 1.71 bits per heavy atom. The first kappa shape index (κ1) is 20.0. The summed E-state index contributed by atoms with van der Waals surface area (Å²) < 4.78 is 27.6. The van der Waals surface area contributed by atoms with Gasteiger partial charge in [-0.15, -0.1) is 0 Å². The van der Waals surface area contributed by atoms with E-state index in [-0.39, 0.29) is 17.5 Å². The second-order valence-electron chi connectivity index (χ2n) is 8.29. The van der Waals surface area contributed by atoms with Gasteiger partial charge in [0.2, 0.25) is 15.9 Å². The third-order valence-electron chi connectivity index (χ3n) is 6.32. The molecule has 5 rings (SSSR count). The van der Waals surface area contributed by atoms with E-state index in [1.807, 2.05) is 12.1 Å². The van der Waals surface area contributed by atoms with Crippen LogP contribution in [0.5, 0.6) is 0 Å². The number of benzene rings is 2. The second-order valence-corrected chi connectivity index (χ2v) is 10.2. The average Bonchev–Trinajstić information content (AvgIpc) is 3.38. The predicted octanol–water partition coefficient (Wildman–Crippen LogP) is 2.38. The molecule has 1 saturated heterocycles. The SMILES string of the molecule is O=C(Nc1ccc2[nH]c(=O)[nH]c2c1)C1CCN(S(=O)(=O)c2ccc3c(c2)CCC3)CC1. The van der Waals surface area contributed by atoms with Gasteiger partial charge >= 0.3 is 5.69 Å². The Morgan fingerprint density at radius 3 is 2.52 bits per heavy atom. The lowest BCUT2D eigenvalue weighted by Gasteiger charge is -2.30. The fourth-order valence-corrected chi connectivity index (χ4v) is 6.09. The molecule has 31 heavy (non-hydrogen) atoms. The van der Waals surface area contributed by atoms with Crippen LogP contribution in [0.25, 0.3) is 11.0 Å². The van der Waals surface area contributed by atoms with E-state index >= 15 is 0 Å². The summed E-state index contributed by atoms with van der Waals surface area (Å²) in [6.07, 6.45) is 3.97. The summed E-state index contributed by atoms with van der Waals surface area (Å²) in [6, 6.07) is 10.6. The number of imidazole rings is 1. The monoisotopic (exact) mass is 440 g/mol. The zero-order valence-electron chi connectivity index (χ0n) is 17.0. The zero-order valence-corrected chi connectivity index (χ0v) is 17.8. The Labute approximate surface area is 179 Å². The van der Waals surface area contributed by atoms with Crippen LogP contribution < -0.4 is 11.0 Å². The van der Waals surface area contributed by atoms with Crippen LogP contribution in [0.3, 0.4) is 0 Å². The van der Waals surface area contributed by atoms with E-state index in [0.717, 1.165) is 24.8 Å². The molecule has 1 amide bonds. The molecular formula is C22H24N4O4S. The highest BCUT2D eigenvalue weighted by Gasteiger charge is 2.32.